The van der Waals surface area contributed by atoms with Crippen molar-refractivity contribution in [3.05, 3.63) is 0 Å². The van der Waals surface area contributed by atoms with Crippen LogP contribution in [0.4, 0.5) is 0 Å². The van der Waals surface area contributed by atoms with Gasteiger partial charge in [-0.25, -0.2) is 0 Å². The molecule has 3 heterocycles. The summed E-state index contributed by atoms with van der Waals surface area (Å²) in [6.07, 6.45) is 5.00. The van der Waals surface area contributed by atoms with Crippen molar-refractivity contribution in [2.24, 2.45) is 11.8 Å². The maximum atomic E-state index is 13.6. The maximum absolute atomic E-state index is 13.6. The summed E-state index contributed by atoms with van der Waals surface area (Å²) in [4.78, 5) is 41.5. The van der Waals surface area contributed by atoms with E-state index in [2.05, 4.69) is 28.2 Å². The van der Waals surface area contributed by atoms with Gasteiger partial charge in [-0.1, -0.05) is 42.1 Å². The summed E-state index contributed by atoms with van der Waals surface area (Å²) < 4.78 is 11.7. The van der Waals surface area contributed by atoms with Crippen molar-refractivity contribution in [2.75, 3.05) is 19.8 Å². The molecule has 8 nitrogen and oxygen atoms in total. The SMILES string of the molecule is CCCC(C)NC(=O)[C@@H]1N(CCCCCCO)C(=O)[C@H]2[C@H](C(=O)OCC)[C@H]3O[C@@]12CC3Br. The highest BCUT2D eigenvalue weighted by Gasteiger charge is 2.76. The quantitative estimate of drug-likeness (QED) is 0.234. The number of aliphatic hydroxyl groups is 1. The fraction of sp³-hybridized carbons (Fsp3) is 0.870. The summed E-state index contributed by atoms with van der Waals surface area (Å²) in [5, 5.41) is 12.1. The Balaban J connectivity index is 1.88. The number of rotatable bonds is 12. The molecule has 2 amide bonds. The number of esters is 1. The van der Waals surface area contributed by atoms with Gasteiger partial charge in [-0.2, -0.15) is 0 Å². The van der Waals surface area contributed by atoms with Crippen molar-refractivity contribution in [1.82, 2.24) is 10.2 Å². The number of carbonyl (C=O) groups excluding carboxylic acids is 3. The highest BCUT2D eigenvalue weighted by molar-refractivity contribution is 9.09. The summed E-state index contributed by atoms with van der Waals surface area (Å²) in [6.45, 7) is 6.59. The Bertz CT molecular complexity index is 706. The lowest BCUT2D eigenvalue weighted by atomic mass is 9.70. The Morgan fingerprint density at radius 1 is 1.31 bits per heavy atom. The number of alkyl halides is 1. The van der Waals surface area contributed by atoms with E-state index in [0.29, 0.717) is 13.0 Å². The molecule has 2 N–H and O–H groups in total. The summed E-state index contributed by atoms with van der Waals surface area (Å²) in [5.41, 5.74) is -1.02. The molecule has 0 aromatic heterocycles. The molecule has 3 rings (SSSR count). The van der Waals surface area contributed by atoms with Gasteiger partial charge in [0, 0.05) is 24.0 Å². The number of likely N-dealkylation sites (tertiary alicyclic amines) is 1. The average molecular weight is 517 g/mol. The van der Waals surface area contributed by atoms with Crippen LogP contribution < -0.4 is 5.32 Å². The van der Waals surface area contributed by atoms with Crippen molar-refractivity contribution in [2.45, 2.75) is 94.3 Å². The van der Waals surface area contributed by atoms with E-state index in [1.165, 1.54) is 0 Å². The lowest BCUT2D eigenvalue weighted by molar-refractivity contribution is -0.154. The van der Waals surface area contributed by atoms with Crippen LogP contribution in [-0.4, -0.2) is 76.2 Å². The Hall–Kier alpha value is -1.19. The molecule has 3 aliphatic heterocycles. The summed E-state index contributed by atoms with van der Waals surface area (Å²) in [6, 6.07) is -0.773. The number of aliphatic hydroxyl groups excluding tert-OH is 1. The van der Waals surface area contributed by atoms with E-state index in [-0.39, 0.29) is 35.9 Å². The van der Waals surface area contributed by atoms with Crippen LogP contribution >= 0.6 is 15.9 Å². The smallest absolute Gasteiger partial charge is 0.312 e. The van der Waals surface area contributed by atoms with Crippen molar-refractivity contribution in [1.29, 1.82) is 0 Å². The molecule has 182 valence electrons. The van der Waals surface area contributed by atoms with Crippen LogP contribution in [0.5, 0.6) is 0 Å². The van der Waals surface area contributed by atoms with Crippen LogP contribution in [0.3, 0.4) is 0 Å². The van der Waals surface area contributed by atoms with E-state index >= 15 is 0 Å². The Kier molecular flexibility index (Phi) is 8.60. The largest absolute Gasteiger partial charge is 0.466 e. The van der Waals surface area contributed by atoms with E-state index in [4.69, 9.17) is 14.6 Å². The number of unbranched alkanes of at least 4 members (excludes halogenated alkanes) is 3. The molecule has 0 aromatic rings. The second kappa shape index (κ2) is 10.8. The fourth-order valence-corrected chi connectivity index (χ4v) is 6.70. The van der Waals surface area contributed by atoms with E-state index in [0.717, 1.165) is 38.5 Å². The molecule has 9 heteroatoms. The molecule has 0 aliphatic carbocycles. The number of halogens is 1. The maximum Gasteiger partial charge on any atom is 0.312 e. The number of ether oxygens (including phenoxy) is 2. The first kappa shape index (κ1) is 25.4. The fourth-order valence-electron chi connectivity index (χ4n) is 5.75. The second-order valence-electron chi connectivity index (χ2n) is 9.28. The zero-order valence-electron chi connectivity index (χ0n) is 19.3. The molecule has 7 atom stereocenters. The molecule has 3 fully saturated rings. The molecule has 0 radical (unpaired) electrons. The lowest BCUT2D eigenvalue weighted by Crippen LogP contribution is -2.57. The number of hydrogen-bond donors (Lipinski definition) is 2. The standard InChI is InChI=1S/C23H37BrN2O6/c1-4-10-14(3)25-20(28)19-23-13-15(24)18(32-23)16(22(30)31-5-2)17(23)21(29)26(19)11-8-6-7-9-12-27/h14-19,27H,4-13H2,1-3H3,(H,25,28)/t14?,15?,16-,17+,18-,19-,23+/m0/s1. The lowest BCUT2D eigenvalue weighted by Gasteiger charge is -2.34. The highest BCUT2D eigenvalue weighted by atomic mass is 79.9. The molecular weight excluding hydrogens is 480 g/mol. The first-order chi connectivity index (χ1) is 15.3. The molecule has 0 saturated carbocycles. The normalized spacial score (nSPS) is 34.0. The third-order valence-corrected chi connectivity index (χ3v) is 7.86. The third-order valence-electron chi connectivity index (χ3n) is 7.01. The number of fused-ring (bicyclic) bond motifs is 1. The summed E-state index contributed by atoms with van der Waals surface area (Å²) in [5.74, 6) is -2.22. The third kappa shape index (κ3) is 4.57. The molecule has 0 aromatic carbocycles. The van der Waals surface area contributed by atoms with Crippen molar-refractivity contribution in [3.8, 4) is 0 Å². The van der Waals surface area contributed by atoms with Crippen LogP contribution in [0.2, 0.25) is 0 Å². The number of carbonyl (C=O) groups is 3. The minimum Gasteiger partial charge on any atom is -0.466 e. The Labute approximate surface area is 198 Å². The van der Waals surface area contributed by atoms with Crippen LogP contribution in [0.1, 0.15) is 65.7 Å². The van der Waals surface area contributed by atoms with Gasteiger partial charge in [-0.05, 0) is 39.5 Å². The van der Waals surface area contributed by atoms with E-state index in [1.807, 2.05) is 6.92 Å². The zero-order chi connectivity index (χ0) is 23.5. The number of hydrogen-bond acceptors (Lipinski definition) is 6. The van der Waals surface area contributed by atoms with Gasteiger partial charge in [0.25, 0.3) is 0 Å². The van der Waals surface area contributed by atoms with Crippen molar-refractivity contribution >= 4 is 33.7 Å². The first-order valence-corrected chi connectivity index (χ1v) is 12.9. The monoisotopic (exact) mass is 516 g/mol. The van der Waals surface area contributed by atoms with Gasteiger partial charge in [-0.15, -0.1) is 0 Å². The molecule has 32 heavy (non-hydrogen) atoms. The summed E-state index contributed by atoms with van der Waals surface area (Å²) >= 11 is 3.64. The number of amides is 2. The molecule has 1 spiro atoms. The van der Waals surface area contributed by atoms with E-state index in [9.17, 15) is 14.4 Å². The van der Waals surface area contributed by atoms with Crippen LogP contribution in [0, 0.1) is 11.8 Å². The van der Waals surface area contributed by atoms with E-state index in [1.54, 1.807) is 11.8 Å². The van der Waals surface area contributed by atoms with Crippen LogP contribution in [0.25, 0.3) is 0 Å². The van der Waals surface area contributed by atoms with Crippen LogP contribution in [-0.2, 0) is 23.9 Å². The summed E-state index contributed by atoms with van der Waals surface area (Å²) in [7, 11) is 0. The minimum atomic E-state index is -1.02. The minimum absolute atomic E-state index is 0.0105. The first-order valence-electron chi connectivity index (χ1n) is 12.0. The van der Waals surface area contributed by atoms with Crippen molar-refractivity contribution < 1.29 is 29.0 Å². The van der Waals surface area contributed by atoms with Gasteiger partial charge in [-0.3, -0.25) is 14.4 Å². The van der Waals surface area contributed by atoms with Gasteiger partial charge >= 0.3 is 5.97 Å². The number of nitrogens with zero attached hydrogens (tertiary/aromatic N) is 1. The molecule has 2 unspecified atom stereocenters. The number of nitrogens with one attached hydrogen (secondary N) is 1. The van der Waals surface area contributed by atoms with Crippen molar-refractivity contribution in [3.63, 3.8) is 0 Å². The van der Waals surface area contributed by atoms with Gasteiger partial charge < -0.3 is 24.8 Å². The van der Waals surface area contributed by atoms with E-state index < -0.39 is 35.6 Å². The van der Waals surface area contributed by atoms with Gasteiger partial charge in [0.1, 0.15) is 11.6 Å². The van der Waals surface area contributed by atoms with Gasteiger partial charge in [0.15, 0.2) is 0 Å². The van der Waals surface area contributed by atoms with Gasteiger partial charge in [0.05, 0.1) is 24.5 Å². The molecular formula is C23H37BrN2O6. The zero-order valence-corrected chi connectivity index (χ0v) is 20.9. The highest BCUT2D eigenvalue weighted by Crippen LogP contribution is 2.60. The predicted molar refractivity (Wildman–Crippen MR) is 122 cm³/mol. The topological polar surface area (TPSA) is 105 Å². The Morgan fingerprint density at radius 3 is 2.69 bits per heavy atom. The van der Waals surface area contributed by atoms with Gasteiger partial charge in [0.2, 0.25) is 11.8 Å². The average Bonchev–Trinajstić information content (AvgIpc) is 3.32. The van der Waals surface area contributed by atoms with Crippen LogP contribution in [0.15, 0.2) is 0 Å². The molecule has 3 aliphatic rings. The predicted octanol–water partition coefficient (Wildman–Crippen LogP) is 2.15. The molecule has 3 saturated heterocycles. The Morgan fingerprint density at radius 2 is 2.03 bits per heavy atom. The second-order valence-corrected chi connectivity index (χ2v) is 10.5. The molecule has 2 bridgehead atoms.